The number of benzene rings is 2. The third-order valence-electron chi connectivity index (χ3n) is 3.64. The van der Waals surface area contributed by atoms with Gasteiger partial charge in [0.05, 0.1) is 5.52 Å². The number of aryl methyl sites for hydroxylation is 2. The summed E-state index contributed by atoms with van der Waals surface area (Å²) < 4.78 is 2.08. The zero-order chi connectivity index (χ0) is 15.0. The number of fused-ring (bicyclic) bond motifs is 1. The second-order valence-electron chi connectivity index (χ2n) is 5.49. The van der Waals surface area contributed by atoms with Gasteiger partial charge in [-0.15, -0.1) is 0 Å². The van der Waals surface area contributed by atoms with E-state index in [0.717, 1.165) is 23.7 Å². The highest BCUT2D eigenvalue weighted by molar-refractivity contribution is 6.31. The Morgan fingerprint density at radius 2 is 1.81 bits per heavy atom. The first-order valence-electron chi connectivity index (χ1n) is 6.87. The van der Waals surface area contributed by atoms with E-state index in [0.29, 0.717) is 10.6 Å². The van der Waals surface area contributed by atoms with E-state index in [2.05, 4.69) is 36.6 Å². The summed E-state index contributed by atoms with van der Waals surface area (Å²) in [6, 6.07) is 12.1. The molecule has 0 atom stereocenters. The van der Waals surface area contributed by atoms with E-state index < -0.39 is 0 Å². The number of aldehydes is 1. The third-order valence-corrected chi connectivity index (χ3v) is 3.87. The number of aromatic nitrogens is 1. The van der Waals surface area contributed by atoms with Crippen molar-refractivity contribution in [1.29, 1.82) is 0 Å². The number of carbonyl (C=O) groups is 1. The van der Waals surface area contributed by atoms with Gasteiger partial charge in [-0.2, -0.15) is 0 Å². The molecule has 0 aliphatic carbocycles. The van der Waals surface area contributed by atoms with E-state index in [1.165, 1.54) is 16.7 Å². The first kappa shape index (κ1) is 13.9. The van der Waals surface area contributed by atoms with Crippen LogP contribution in [0.1, 0.15) is 27.0 Å². The van der Waals surface area contributed by atoms with Crippen molar-refractivity contribution in [2.24, 2.45) is 0 Å². The molecular formula is C18H16ClNO. The summed E-state index contributed by atoms with van der Waals surface area (Å²) in [6.45, 7) is 4.92. The number of halogens is 1. The third kappa shape index (κ3) is 2.72. The molecule has 3 aromatic rings. The Balaban J connectivity index is 2.11. The molecule has 0 saturated carbocycles. The van der Waals surface area contributed by atoms with Gasteiger partial charge in [-0.25, -0.2) is 0 Å². The van der Waals surface area contributed by atoms with Crippen LogP contribution in [-0.4, -0.2) is 10.9 Å². The van der Waals surface area contributed by atoms with E-state index in [1.807, 2.05) is 24.4 Å². The Labute approximate surface area is 129 Å². The van der Waals surface area contributed by atoms with Crippen molar-refractivity contribution in [3.8, 4) is 0 Å². The molecule has 106 valence electrons. The zero-order valence-electron chi connectivity index (χ0n) is 12.1. The monoisotopic (exact) mass is 297 g/mol. The van der Waals surface area contributed by atoms with E-state index in [9.17, 15) is 4.79 Å². The molecule has 2 nitrogen and oxygen atoms in total. The molecule has 3 rings (SSSR count). The smallest absolute Gasteiger partial charge is 0.152 e. The van der Waals surface area contributed by atoms with E-state index in [-0.39, 0.29) is 0 Å². The predicted octanol–water partition coefficient (Wildman–Crippen LogP) is 4.77. The van der Waals surface area contributed by atoms with Crippen LogP contribution < -0.4 is 0 Å². The molecule has 0 radical (unpaired) electrons. The fraction of sp³-hybridized carbons (Fsp3) is 0.167. The normalized spacial score (nSPS) is 11.0. The fourth-order valence-corrected chi connectivity index (χ4v) is 3.04. The van der Waals surface area contributed by atoms with Gasteiger partial charge in [-0.3, -0.25) is 4.79 Å². The molecule has 0 saturated heterocycles. The van der Waals surface area contributed by atoms with Crippen molar-refractivity contribution in [3.63, 3.8) is 0 Å². The molecule has 21 heavy (non-hydrogen) atoms. The summed E-state index contributed by atoms with van der Waals surface area (Å²) in [5.41, 5.74) is 5.40. The molecule has 0 unspecified atom stereocenters. The lowest BCUT2D eigenvalue weighted by Crippen LogP contribution is -1.99. The Morgan fingerprint density at radius 1 is 1.10 bits per heavy atom. The van der Waals surface area contributed by atoms with Crippen LogP contribution in [-0.2, 0) is 6.54 Å². The molecule has 1 heterocycles. The molecule has 3 heteroatoms. The van der Waals surface area contributed by atoms with Crippen molar-refractivity contribution < 1.29 is 4.79 Å². The lowest BCUT2D eigenvalue weighted by molar-refractivity contribution is 0.112. The molecule has 2 aromatic carbocycles. The second kappa shape index (κ2) is 5.38. The van der Waals surface area contributed by atoms with E-state index >= 15 is 0 Å². The predicted molar refractivity (Wildman–Crippen MR) is 87.4 cm³/mol. The maximum Gasteiger partial charge on any atom is 0.152 e. The van der Waals surface area contributed by atoms with Gasteiger partial charge in [0.1, 0.15) is 0 Å². The Morgan fingerprint density at radius 3 is 2.48 bits per heavy atom. The highest BCUT2D eigenvalue weighted by Crippen LogP contribution is 2.25. The number of nitrogens with zero attached hydrogens (tertiary/aromatic N) is 1. The number of rotatable bonds is 3. The van der Waals surface area contributed by atoms with Crippen LogP contribution in [0.2, 0.25) is 5.02 Å². The minimum absolute atomic E-state index is 0.680. The van der Waals surface area contributed by atoms with Crippen LogP contribution >= 0.6 is 11.6 Å². The average molecular weight is 298 g/mol. The maximum atomic E-state index is 11.2. The number of hydrogen-bond acceptors (Lipinski definition) is 1. The zero-order valence-corrected chi connectivity index (χ0v) is 12.8. The summed E-state index contributed by atoms with van der Waals surface area (Å²) >= 11 is 6.09. The van der Waals surface area contributed by atoms with Gasteiger partial charge < -0.3 is 4.57 Å². The first-order chi connectivity index (χ1) is 10.1. The first-order valence-corrected chi connectivity index (χ1v) is 7.25. The van der Waals surface area contributed by atoms with Gasteiger partial charge in [-0.05, 0) is 31.5 Å². The number of hydrogen-bond donors (Lipinski definition) is 0. The van der Waals surface area contributed by atoms with Gasteiger partial charge in [-0.1, -0.05) is 47.0 Å². The van der Waals surface area contributed by atoms with Gasteiger partial charge in [0.15, 0.2) is 6.29 Å². The highest BCUT2D eigenvalue weighted by Gasteiger charge is 2.09. The Bertz CT molecular complexity index is 812. The average Bonchev–Trinajstić information content (AvgIpc) is 2.75. The topological polar surface area (TPSA) is 22.0 Å². The van der Waals surface area contributed by atoms with Crippen molar-refractivity contribution in [2.75, 3.05) is 0 Å². The summed E-state index contributed by atoms with van der Waals surface area (Å²) in [6.07, 6.45) is 2.79. The molecular weight excluding hydrogens is 282 g/mol. The minimum Gasteiger partial charge on any atom is -0.342 e. The molecule has 1 aromatic heterocycles. The van der Waals surface area contributed by atoms with Gasteiger partial charge in [0, 0.05) is 28.7 Å². The van der Waals surface area contributed by atoms with Crippen molar-refractivity contribution in [2.45, 2.75) is 20.4 Å². The van der Waals surface area contributed by atoms with Crippen LogP contribution in [0.15, 0.2) is 42.6 Å². The summed E-state index contributed by atoms with van der Waals surface area (Å²) in [5, 5.41) is 1.62. The fourth-order valence-electron chi connectivity index (χ4n) is 2.88. The lowest BCUT2D eigenvalue weighted by atomic mass is 10.1. The van der Waals surface area contributed by atoms with Crippen molar-refractivity contribution in [3.05, 3.63) is 69.9 Å². The summed E-state index contributed by atoms with van der Waals surface area (Å²) in [5.74, 6) is 0. The van der Waals surface area contributed by atoms with Crippen LogP contribution in [0.3, 0.4) is 0 Å². The van der Waals surface area contributed by atoms with E-state index in [1.54, 1.807) is 0 Å². The lowest BCUT2D eigenvalue weighted by Gasteiger charge is -2.08. The second-order valence-corrected chi connectivity index (χ2v) is 5.92. The van der Waals surface area contributed by atoms with Crippen LogP contribution in [0.4, 0.5) is 0 Å². The molecule has 0 aliphatic heterocycles. The molecule has 0 N–H and O–H groups in total. The quantitative estimate of drug-likeness (QED) is 0.638. The minimum atomic E-state index is 0.680. The van der Waals surface area contributed by atoms with Gasteiger partial charge in [0.25, 0.3) is 0 Å². The SMILES string of the molecule is Cc1cc(C)cc(Cn2cc(C=O)c3ccc(Cl)cc32)c1. The number of carbonyl (C=O) groups excluding carboxylic acids is 1. The van der Waals surface area contributed by atoms with Crippen molar-refractivity contribution in [1.82, 2.24) is 4.57 Å². The summed E-state index contributed by atoms with van der Waals surface area (Å²) in [4.78, 5) is 11.2. The van der Waals surface area contributed by atoms with Crippen LogP contribution in [0, 0.1) is 13.8 Å². The molecule has 0 bridgehead atoms. The molecule has 0 spiro atoms. The molecule has 0 amide bonds. The largest absolute Gasteiger partial charge is 0.342 e. The van der Waals surface area contributed by atoms with E-state index in [4.69, 9.17) is 11.6 Å². The van der Waals surface area contributed by atoms with Gasteiger partial charge in [0.2, 0.25) is 0 Å². The Hall–Kier alpha value is -2.06. The van der Waals surface area contributed by atoms with Crippen molar-refractivity contribution >= 4 is 28.8 Å². The summed E-state index contributed by atoms with van der Waals surface area (Å²) in [7, 11) is 0. The highest BCUT2D eigenvalue weighted by atomic mass is 35.5. The van der Waals surface area contributed by atoms with Crippen LogP contribution in [0.25, 0.3) is 10.9 Å². The maximum absolute atomic E-state index is 11.2. The Kier molecular flexibility index (Phi) is 3.56. The van der Waals surface area contributed by atoms with Crippen LogP contribution in [0.5, 0.6) is 0 Å². The van der Waals surface area contributed by atoms with Gasteiger partial charge >= 0.3 is 0 Å². The standard InChI is InChI=1S/C18H16ClNO/c1-12-5-13(2)7-14(6-12)9-20-10-15(11-21)17-4-3-16(19)8-18(17)20/h3-8,10-11H,9H2,1-2H3. The molecule has 0 aliphatic rings. The molecule has 0 fully saturated rings.